The summed E-state index contributed by atoms with van der Waals surface area (Å²) in [5, 5.41) is 22.4. The molecule has 0 fully saturated rings. The predicted molar refractivity (Wildman–Crippen MR) is 230 cm³/mol. The summed E-state index contributed by atoms with van der Waals surface area (Å²) in [5.41, 5.74) is 8.41. The van der Waals surface area contributed by atoms with Crippen LogP contribution in [0.3, 0.4) is 0 Å². The molecule has 1 nitrogen and oxygen atoms in total. The summed E-state index contributed by atoms with van der Waals surface area (Å²) in [5.74, 6) is 0. The summed E-state index contributed by atoms with van der Waals surface area (Å²) in [4.78, 5) is 0. The number of aliphatic hydroxyl groups is 1. The summed E-state index contributed by atoms with van der Waals surface area (Å²) in [6.07, 6.45) is 4.15. The first kappa shape index (κ1) is 34.4. The lowest BCUT2D eigenvalue weighted by Gasteiger charge is -2.17. The van der Waals surface area contributed by atoms with Crippen LogP contribution in [0.4, 0.5) is 0 Å². The van der Waals surface area contributed by atoms with E-state index < -0.39 is 0 Å². The van der Waals surface area contributed by atoms with Crippen LogP contribution in [-0.4, -0.2) is 12.2 Å². The molecular formula is C51H44O. The van der Waals surface area contributed by atoms with Crippen molar-refractivity contribution < 1.29 is 5.11 Å². The Hall–Kier alpha value is -6.02. The molecule has 0 unspecified atom stereocenters. The lowest BCUT2D eigenvalue weighted by molar-refractivity contribution is 0.399. The number of fused-ring (bicyclic) bond motifs is 11. The van der Waals surface area contributed by atoms with E-state index in [0.717, 1.165) is 12.7 Å². The third kappa shape index (κ3) is 5.74. The Morgan fingerprint density at radius 3 is 1.25 bits per heavy atom. The van der Waals surface area contributed by atoms with Crippen LogP contribution in [0.15, 0.2) is 164 Å². The van der Waals surface area contributed by atoms with E-state index in [2.05, 4.69) is 171 Å². The highest BCUT2D eigenvalue weighted by Gasteiger charge is 2.16. The molecule has 52 heavy (non-hydrogen) atoms. The van der Waals surface area contributed by atoms with E-state index in [1.165, 1.54) is 98.0 Å². The Morgan fingerprint density at radius 1 is 0.442 bits per heavy atom. The van der Waals surface area contributed by atoms with Crippen LogP contribution in [0.2, 0.25) is 0 Å². The number of allylic oxidation sites excluding steroid dienone is 3. The van der Waals surface area contributed by atoms with Crippen LogP contribution < -0.4 is 0 Å². The van der Waals surface area contributed by atoms with E-state index in [9.17, 15) is 0 Å². The van der Waals surface area contributed by atoms with Gasteiger partial charge in [0.1, 0.15) is 0 Å². The molecule has 0 aliphatic rings. The maximum absolute atomic E-state index is 7.00. The standard InChI is InChI=1S/C48H34.C2H6.CH4O/c1-4-13-30(2)43-26-32(23-22-31(43)3)44-28-47-41-21-12-9-18-38(41)45(29-48(47)40-20-11-8-17-37(40)44)33-24-25-42-36-16-6-5-14-34(36)35-15-7-10-19-39(35)46(42)27-33;2*1-2/h4-29H,2H2,1,3H3;1-2H3;2H,1H3/b13-4-;;. The highest BCUT2D eigenvalue weighted by molar-refractivity contribution is 6.27. The van der Waals surface area contributed by atoms with Gasteiger partial charge in [0.05, 0.1) is 0 Å². The quantitative estimate of drug-likeness (QED) is 0.146. The Labute approximate surface area is 306 Å². The first-order valence-electron chi connectivity index (χ1n) is 18.2. The van der Waals surface area contributed by atoms with Gasteiger partial charge in [0.25, 0.3) is 0 Å². The monoisotopic (exact) mass is 672 g/mol. The minimum absolute atomic E-state index is 1.00. The van der Waals surface area contributed by atoms with Crippen molar-refractivity contribution in [2.75, 3.05) is 7.11 Å². The van der Waals surface area contributed by atoms with Gasteiger partial charge in [0, 0.05) is 7.11 Å². The van der Waals surface area contributed by atoms with Gasteiger partial charge in [-0.2, -0.15) is 0 Å². The van der Waals surface area contributed by atoms with Crippen molar-refractivity contribution in [1.82, 2.24) is 0 Å². The highest BCUT2D eigenvalue weighted by Crippen LogP contribution is 2.44. The largest absolute Gasteiger partial charge is 0.400 e. The van der Waals surface area contributed by atoms with Crippen molar-refractivity contribution >= 4 is 70.2 Å². The van der Waals surface area contributed by atoms with Gasteiger partial charge in [-0.05, 0) is 142 Å². The topological polar surface area (TPSA) is 20.2 Å². The number of aryl methyl sites for hydroxylation is 1. The molecular weight excluding hydrogens is 629 g/mol. The van der Waals surface area contributed by atoms with Crippen LogP contribution in [0, 0.1) is 6.92 Å². The second-order valence-corrected chi connectivity index (χ2v) is 12.9. The van der Waals surface area contributed by atoms with E-state index in [-0.39, 0.29) is 0 Å². The molecule has 0 aliphatic heterocycles. The molecule has 0 aliphatic carbocycles. The summed E-state index contributed by atoms with van der Waals surface area (Å²) in [6, 6.07) is 54.1. The molecule has 0 atom stereocenters. The van der Waals surface area contributed by atoms with Crippen molar-refractivity contribution in [3.05, 3.63) is 175 Å². The van der Waals surface area contributed by atoms with Gasteiger partial charge in [0.2, 0.25) is 0 Å². The van der Waals surface area contributed by atoms with E-state index in [1.54, 1.807) is 0 Å². The highest BCUT2D eigenvalue weighted by atomic mass is 16.2. The van der Waals surface area contributed by atoms with Gasteiger partial charge in [-0.15, -0.1) is 0 Å². The molecule has 9 aromatic carbocycles. The first-order valence-corrected chi connectivity index (χ1v) is 18.2. The minimum Gasteiger partial charge on any atom is -0.400 e. The van der Waals surface area contributed by atoms with Gasteiger partial charge in [-0.25, -0.2) is 0 Å². The second-order valence-electron chi connectivity index (χ2n) is 12.9. The predicted octanol–water partition coefficient (Wildman–Crippen LogP) is 14.5. The molecule has 9 aromatic rings. The zero-order valence-electron chi connectivity index (χ0n) is 30.7. The van der Waals surface area contributed by atoms with Gasteiger partial charge in [0.15, 0.2) is 0 Å². The third-order valence-electron chi connectivity index (χ3n) is 10.2. The van der Waals surface area contributed by atoms with E-state index >= 15 is 0 Å². The number of hydrogen-bond donors (Lipinski definition) is 1. The average molecular weight is 673 g/mol. The summed E-state index contributed by atoms with van der Waals surface area (Å²) in [7, 11) is 1.00. The number of rotatable bonds is 4. The number of aliphatic hydroxyl groups excluding tert-OH is 1. The number of hydrogen-bond acceptors (Lipinski definition) is 1. The van der Waals surface area contributed by atoms with Crippen molar-refractivity contribution in [3.63, 3.8) is 0 Å². The molecule has 0 aromatic heterocycles. The molecule has 0 amide bonds. The summed E-state index contributed by atoms with van der Waals surface area (Å²) >= 11 is 0. The van der Waals surface area contributed by atoms with Crippen molar-refractivity contribution in [3.8, 4) is 22.3 Å². The fourth-order valence-corrected chi connectivity index (χ4v) is 7.93. The zero-order valence-corrected chi connectivity index (χ0v) is 30.7. The van der Waals surface area contributed by atoms with Crippen molar-refractivity contribution in [2.45, 2.75) is 27.7 Å². The Balaban J connectivity index is 0.00000102. The molecule has 9 rings (SSSR count). The minimum atomic E-state index is 1.00. The molecule has 0 saturated carbocycles. The zero-order chi connectivity index (χ0) is 36.4. The average Bonchev–Trinajstić information content (AvgIpc) is 3.22. The van der Waals surface area contributed by atoms with E-state index in [1.807, 2.05) is 20.8 Å². The third-order valence-corrected chi connectivity index (χ3v) is 10.2. The maximum atomic E-state index is 7.00. The maximum Gasteiger partial charge on any atom is 0.0319 e. The Bertz CT molecular complexity index is 2780. The van der Waals surface area contributed by atoms with Gasteiger partial charge in [-0.1, -0.05) is 154 Å². The summed E-state index contributed by atoms with van der Waals surface area (Å²) in [6.45, 7) is 12.6. The van der Waals surface area contributed by atoms with Crippen LogP contribution in [-0.2, 0) is 0 Å². The van der Waals surface area contributed by atoms with Crippen molar-refractivity contribution in [2.24, 2.45) is 0 Å². The molecule has 0 saturated heterocycles. The molecule has 1 N–H and O–H groups in total. The molecule has 254 valence electrons. The Kier molecular flexibility index (Phi) is 9.72. The van der Waals surface area contributed by atoms with Crippen LogP contribution in [0.5, 0.6) is 0 Å². The lowest BCUT2D eigenvalue weighted by Crippen LogP contribution is -1.91. The van der Waals surface area contributed by atoms with Crippen LogP contribution in [0.1, 0.15) is 31.9 Å². The second kappa shape index (κ2) is 14.7. The van der Waals surface area contributed by atoms with E-state index in [0.29, 0.717) is 0 Å². The smallest absolute Gasteiger partial charge is 0.0319 e. The molecule has 0 heterocycles. The molecule has 0 radical (unpaired) electrons. The summed E-state index contributed by atoms with van der Waals surface area (Å²) < 4.78 is 0. The van der Waals surface area contributed by atoms with Crippen molar-refractivity contribution in [1.29, 1.82) is 0 Å². The fourth-order valence-electron chi connectivity index (χ4n) is 7.93. The Morgan fingerprint density at radius 2 is 0.788 bits per heavy atom. The normalized spacial score (nSPS) is 11.3. The van der Waals surface area contributed by atoms with Gasteiger partial charge in [-0.3, -0.25) is 0 Å². The fraction of sp³-hybridized carbons (Fsp3) is 0.0980. The SMILES string of the molecule is C=C(/C=C\C)c1cc(-c2cc3c4ccccc4c(-c4ccc5c6ccccc6c6ccccc6c5c4)cc3c3ccccc23)ccc1C.CC.CO. The first-order chi connectivity index (χ1) is 25.6. The number of benzene rings is 9. The molecule has 1 heteroatoms. The van der Waals surface area contributed by atoms with Gasteiger partial charge >= 0.3 is 0 Å². The lowest BCUT2D eigenvalue weighted by atomic mass is 9.86. The molecule has 0 spiro atoms. The van der Waals surface area contributed by atoms with Crippen LogP contribution >= 0.6 is 0 Å². The van der Waals surface area contributed by atoms with Gasteiger partial charge < -0.3 is 5.11 Å². The molecule has 0 bridgehead atoms. The van der Waals surface area contributed by atoms with E-state index in [4.69, 9.17) is 5.11 Å². The van der Waals surface area contributed by atoms with Crippen LogP contribution in [0.25, 0.3) is 92.5 Å².